The van der Waals surface area contributed by atoms with E-state index in [1.807, 2.05) is 0 Å². The van der Waals surface area contributed by atoms with Crippen molar-refractivity contribution in [2.45, 2.75) is 12.8 Å². The van der Waals surface area contributed by atoms with Crippen molar-refractivity contribution in [1.82, 2.24) is 10.6 Å². The zero-order valence-corrected chi connectivity index (χ0v) is 9.20. The molecule has 1 aliphatic rings. The van der Waals surface area contributed by atoms with Crippen LogP contribution in [0.4, 0.5) is 0 Å². The molecule has 3 N–H and O–H groups in total. The molecule has 0 aromatic carbocycles. The SMILES string of the molecule is O=C1CC(C(=O)NCCCOCCO)CN1. The summed E-state index contributed by atoms with van der Waals surface area (Å²) in [5.74, 6) is -0.377. The van der Waals surface area contributed by atoms with Crippen molar-refractivity contribution in [2.75, 3.05) is 32.9 Å². The maximum atomic E-state index is 11.5. The summed E-state index contributed by atoms with van der Waals surface area (Å²) in [7, 11) is 0. The highest BCUT2D eigenvalue weighted by atomic mass is 16.5. The van der Waals surface area contributed by atoms with E-state index in [0.717, 1.165) is 0 Å². The van der Waals surface area contributed by atoms with Gasteiger partial charge in [-0.2, -0.15) is 0 Å². The molecular weight excluding hydrogens is 212 g/mol. The average molecular weight is 230 g/mol. The lowest BCUT2D eigenvalue weighted by molar-refractivity contribution is -0.126. The molecule has 16 heavy (non-hydrogen) atoms. The molecule has 1 heterocycles. The first-order valence-electron chi connectivity index (χ1n) is 5.47. The molecule has 0 saturated carbocycles. The third-order valence-corrected chi connectivity index (χ3v) is 2.35. The minimum absolute atomic E-state index is 0.0161. The van der Waals surface area contributed by atoms with E-state index in [9.17, 15) is 9.59 Å². The first kappa shape index (κ1) is 12.9. The number of nitrogens with one attached hydrogen (secondary N) is 2. The molecule has 0 spiro atoms. The minimum Gasteiger partial charge on any atom is -0.394 e. The molecule has 2 amide bonds. The Kier molecular flexibility index (Phi) is 5.81. The van der Waals surface area contributed by atoms with Gasteiger partial charge in [0.25, 0.3) is 0 Å². The first-order chi connectivity index (χ1) is 7.74. The van der Waals surface area contributed by atoms with E-state index < -0.39 is 0 Å². The lowest BCUT2D eigenvalue weighted by Gasteiger charge is -2.08. The number of rotatable bonds is 7. The van der Waals surface area contributed by atoms with Crippen molar-refractivity contribution >= 4 is 11.8 Å². The number of amides is 2. The molecular formula is C10H18N2O4. The Labute approximate surface area is 94.3 Å². The standard InChI is InChI=1S/C10H18N2O4/c13-3-5-16-4-1-2-11-10(15)8-6-9(14)12-7-8/h8,13H,1-7H2,(H,11,15)(H,12,14). The van der Waals surface area contributed by atoms with Crippen molar-refractivity contribution in [3.63, 3.8) is 0 Å². The minimum atomic E-state index is -0.231. The molecule has 6 heteroatoms. The third kappa shape index (κ3) is 4.59. The van der Waals surface area contributed by atoms with E-state index in [4.69, 9.17) is 9.84 Å². The fraction of sp³-hybridized carbons (Fsp3) is 0.800. The van der Waals surface area contributed by atoms with Gasteiger partial charge in [-0.25, -0.2) is 0 Å². The smallest absolute Gasteiger partial charge is 0.225 e. The van der Waals surface area contributed by atoms with E-state index >= 15 is 0 Å². The molecule has 1 saturated heterocycles. The summed E-state index contributed by atoms with van der Waals surface area (Å²) in [4.78, 5) is 22.4. The Hall–Kier alpha value is -1.14. The second kappa shape index (κ2) is 7.19. The lowest BCUT2D eigenvalue weighted by Crippen LogP contribution is -2.33. The highest BCUT2D eigenvalue weighted by Gasteiger charge is 2.27. The summed E-state index contributed by atoms with van der Waals surface area (Å²) < 4.78 is 5.04. The van der Waals surface area contributed by atoms with Crippen LogP contribution < -0.4 is 10.6 Å². The number of hydrogen-bond acceptors (Lipinski definition) is 4. The molecule has 1 rings (SSSR count). The van der Waals surface area contributed by atoms with E-state index in [0.29, 0.717) is 32.7 Å². The normalized spacial score (nSPS) is 19.6. The maximum Gasteiger partial charge on any atom is 0.225 e. The molecule has 0 aliphatic carbocycles. The topological polar surface area (TPSA) is 87.7 Å². The van der Waals surface area contributed by atoms with Crippen LogP contribution in [0.25, 0.3) is 0 Å². The summed E-state index contributed by atoms with van der Waals surface area (Å²) >= 11 is 0. The summed E-state index contributed by atoms with van der Waals surface area (Å²) in [6, 6.07) is 0. The molecule has 1 unspecified atom stereocenters. The van der Waals surface area contributed by atoms with E-state index in [2.05, 4.69) is 10.6 Å². The molecule has 92 valence electrons. The molecule has 1 atom stereocenters. The number of hydrogen-bond donors (Lipinski definition) is 3. The molecule has 1 fully saturated rings. The van der Waals surface area contributed by atoms with Crippen LogP contribution in [0.2, 0.25) is 0 Å². The summed E-state index contributed by atoms with van der Waals surface area (Å²) in [6.07, 6.45) is 0.993. The molecule has 0 bridgehead atoms. The zero-order valence-electron chi connectivity index (χ0n) is 9.20. The van der Waals surface area contributed by atoms with Gasteiger partial charge < -0.3 is 20.5 Å². The monoisotopic (exact) mass is 230 g/mol. The highest BCUT2D eigenvalue weighted by molar-refractivity contribution is 5.89. The second-order valence-corrected chi connectivity index (χ2v) is 3.69. The highest BCUT2D eigenvalue weighted by Crippen LogP contribution is 2.08. The van der Waals surface area contributed by atoms with Crippen molar-refractivity contribution in [2.24, 2.45) is 5.92 Å². The first-order valence-corrected chi connectivity index (χ1v) is 5.47. The molecule has 0 radical (unpaired) electrons. The number of ether oxygens (including phenoxy) is 1. The fourth-order valence-corrected chi connectivity index (χ4v) is 1.49. The summed E-state index contributed by atoms with van der Waals surface area (Å²) in [5, 5.41) is 13.8. The zero-order chi connectivity index (χ0) is 11.8. The Morgan fingerprint density at radius 2 is 2.38 bits per heavy atom. The summed E-state index contributed by atoms with van der Waals surface area (Å²) in [5.41, 5.74) is 0. The van der Waals surface area contributed by atoms with Gasteiger partial charge in [0.1, 0.15) is 0 Å². The largest absolute Gasteiger partial charge is 0.394 e. The van der Waals surface area contributed by atoms with Crippen molar-refractivity contribution in [3.05, 3.63) is 0 Å². The van der Waals surface area contributed by atoms with Crippen LogP contribution in [-0.4, -0.2) is 49.8 Å². The van der Waals surface area contributed by atoms with E-state index in [1.165, 1.54) is 0 Å². The Balaban J connectivity index is 2.00. The Morgan fingerprint density at radius 1 is 1.56 bits per heavy atom. The van der Waals surface area contributed by atoms with Crippen LogP contribution in [0.3, 0.4) is 0 Å². The van der Waals surface area contributed by atoms with Gasteiger partial charge >= 0.3 is 0 Å². The average Bonchev–Trinajstić information content (AvgIpc) is 2.70. The summed E-state index contributed by atoms with van der Waals surface area (Å²) in [6.45, 7) is 1.83. The van der Waals surface area contributed by atoms with Crippen LogP contribution in [0, 0.1) is 5.92 Å². The van der Waals surface area contributed by atoms with Gasteiger partial charge in [0, 0.05) is 26.1 Å². The predicted molar refractivity (Wildman–Crippen MR) is 56.6 cm³/mol. The number of carbonyl (C=O) groups excluding carboxylic acids is 2. The van der Waals surface area contributed by atoms with E-state index in [1.54, 1.807) is 0 Å². The fourth-order valence-electron chi connectivity index (χ4n) is 1.49. The van der Waals surface area contributed by atoms with Crippen molar-refractivity contribution in [3.8, 4) is 0 Å². The van der Waals surface area contributed by atoms with Gasteiger partial charge in [-0.3, -0.25) is 9.59 Å². The third-order valence-electron chi connectivity index (χ3n) is 2.35. The predicted octanol–water partition coefficient (Wildman–Crippen LogP) is -1.36. The number of carbonyl (C=O) groups is 2. The molecule has 1 aliphatic heterocycles. The van der Waals surface area contributed by atoms with Gasteiger partial charge in [0.2, 0.25) is 11.8 Å². The Morgan fingerprint density at radius 3 is 3.00 bits per heavy atom. The Bertz CT molecular complexity index is 245. The van der Waals surface area contributed by atoms with Crippen molar-refractivity contribution in [1.29, 1.82) is 0 Å². The van der Waals surface area contributed by atoms with Crippen LogP contribution in [0.15, 0.2) is 0 Å². The van der Waals surface area contributed by atoms with Gasteiger partial charge in [0.05, 0.1) is 19.1 Å². The molecule has 0 aromatic rings. The number of aliphatic hydroxyl groups is 1. The van der Waals surface area contributed by atoms with Crippen LogP contribution in [-0.2, 0) is 14.3 Å². The van der Waals surface area contributed by atoms with Crippen molar-refractivity contribution < 1.29 is 19.4 Å². The lowest BCUT2D eigenvalue weighted by atomic mass is 10.1. The van der Waals surface area contributed by atoms with Crippen LogP contribution in [0.5, 0.6) is 0 Å². The van der Waals surface area contributed by atoms with Gasteiger partial charge in [-0.1, -0.05) is 0 Å². The van der Waals surface area contributed by atoms with Gasteiger partial charge in [-0.05, 0) is 6.42 Å². The van der Waals surface area contributed by atoms with Gasteiger partial charge in [0.15, 0.2) is 0 Å². The maximum absolute atomic E-state index is 11.5. The van der Waals surface area contributed by atoms with E-state index in [-0.39, 0.29) is 30.8 Å². The van der Waals surface area contributed by atoms with Crippen LogP contribution >= 0.6 is 0 Å². The van der Waals surface area contributed by atoms with Crippen LogP contribution in [0.1, 0.15) is 12.8 Å². The second-order valence-electron chi connectivity index (χ2n) is 3.69. The molecule has 6 nitrogen and oxygen atoms in total. The quantitative estimate of drug-likeness (QED) is 0.471. The number of aliphatic hydroxyl groups excluding tert-OH is 1. The van der Waals surface area contributed by atoms with Gasteiger partial charge in [-0.15, -0.1) is 0 Å². The molecule has 0 aromatic heterocycles.